The molecule has 12 nitrogen and oxygen atoms in total. The molecule has 0 radical (unpaired) electrons. The molecule has 0 aromatic carbocycles. The van der Waals surface area contributed by atoms with Gasteiger partial charge >= 0.3 is 17.9 Å². The van der Waals surface area contributed by atoms with E-state index in [0.717, 1.165) is 49.2 Å². The summed E-state index contributed by atoms with van der Waals surface area (Å²) in [6.07, 6.45) is 18.4. The normalized spacial score (nSPS) is 19.0. The van der Waals surface area contributed by atoms with Gasteiger partial charge in [0.1, 0.15) is 6.10 Å². The molecule has 4 N–H and O–H groups in total. The van der Waals surface area contributed by atoms with Crippen molar-refractivity contribution in [3.05, 3.63) is 33.1 Å². The van der Waals surface area contributed by atoms with Crippen LogP contribution in [0.15, 0.2) is 21.9 Å². The smallest absolute Gasteiger partial charge is 0.407 e. The number of hydrogen-bond donors (Lipinski definition) is 4. The number of unbranched alkanes of at least 4 members (excludes halogenated alkanes) is 18. The maximum Gasteiger partial charge on any atom is 0.407 e. The van der Waals surface area contributed by atoms with Gasteiger partial charge in [0.15, 0.2) is 18.4 Å². The molecule has 1 aromatic heterocycles. The molecule has 1 aromatic rings. The first-order chi connectivity index (χ1) is 22.9. The van der Waals surface area contributed by atoms with Gasteiger partial charge in [-0.05, 0) is 12.8 Å². The number of aromatic amines is 1. The highest BCUT2D eigenvalue weighted by Crippen LogP contribution is 2.33. The molecule has 1 saturated heterocycles. The fraction of sp³-hybridized carbons (Fsp3) is 0.829. The molecule has 0 bridgehead atoms. The minimum absolute atomic E-state index is 0.403. The van der Waals surface area contributed by atoms with Crippen molar-refractivity contribution in [1.82, 2.24) is 20.2 Å². The van der Waals surface area contributed by atoms with Crippen LogP contribution in [0.5, 0.6) is 0 Å². The van der Waals surface area contributed by atoms with Crippen molar-refractivity contribution < 1.29 is 28.9 Å². The van der Waals surface area contributed by atoms with Gasteiger partial charge in [0.2, 0.25) is 0 Å². The molecule has 12 heteroatoms. The average Bonchev–Trinajstić information content (AvgIpc) is 3.38. The summed E-state index contributed by atoms with van der Waals surface area (Å²) >= 11 is 0. The van der Waals surface area contributed by atoms with Crippen molar-refractivity contribution in [2.75, 3.05) is 19.7 Å². The number of carbonyl (C=O) groups excluding carboxylic acids is 2. The molecule has 0 aliphatic carbocycles. The highest BCUT2D eigenvalue weighted by molar-refractivity contribution is 5.68. The van der Waals surface area contributed by atoms with Gasteiger partial charge in [0.05, 0.1) is 6.61 Å². The van der Waals surface area contributed by atoms with E-state index < -0.39 is 54.6 Å². The third kappa shape index (κ3) is 16.7. The lowest BCUT2D eigenvalue weighted by molar-refractivity contribution is -0.0571. The van der Waals surface area contributed by atoms with Crippen LogP contribution in [0, 0.1) is 0 Å². The van der Waals surface area contributed by atoms with Crippen molar-refractivity contribution in [2.24, 2.45) is 0 Å². The van der Waals surface area contributed by atoms with Crippen LogP contribution in [0.4, 0.5) is 9.59 Å². The summed E-state index contributed by atoms with van der Waals surface area (Å²) in [5, 5.41) is 15.5. The number of alkyl carbamates (subject to hydrolysis) is 2. The largest absolute Gasteiger partial charge is 0.439 e. The maximum atomic E-state index is 12.8. The molecule has 0 spiro atoms. The number of nitrogens with one attached hydrogen (secondary N) is 3. The lowest BCUT2D eigenvalue weighted by atomic mass is 10.1. The zero-order valence-electron chi connectivity index (χ0n) is 29.0. The van der Waals surface area contributed by atoms with Crippen LogP contribution in [0.2, 0.25) is 0 Å². The number of aromatic nitrogens is 2. The van der Waals surface area contributed by atoms with Gasteiger partial charge in [-0.25, -0.2) is 14.4 Å². The van der Waals surface area contributed by atoms with Gasteiger partial charge in [0.25, 0.3) is 5.56 Å². The Balaban J connectivity index is 1.84. The van der Waals surface area contributed by atoms with Crippen molar-refractivity contribution in [3.63, 3.8) is 0 Å². The maximum absolute atomic E-state index is 12.8. The number of aliphatic hydroxyl groups excluding tert-OH is 1. The minimum Gasteiger partial charge on any atom is -0.439 e. The standard InChI is InChI=1S/C35H62N4O8/c1-3-5-7-9-11-13-15-17-19-21-24-36-34(43)46-30-28(27-40)45-32(39-26-23-29(41)38-33(39)42)31(30)47-35(44)37-25-22-20-18-16-14-12-10-8-6-4-2/h23,26,28,30-32,40H,3-22,24-25,27H2,1-2H3,(H,36,43)(H,37,44)(H,38,41,42)/t28-,30?,31+,32-/m1/s1. The number of hydrogen-bond acceptors (Lipinski definition) is 8. The molecule has 1 unspecified atom stereocenters. The predicted octanol–water partition coefficient (Wildman–Crippen LogP) is 6.46. The first-order valence-electron chi connectivity index (χ1n) is 18.4. The van der Waals surface area contributed by atoms with Crippen molar-refractivity contribution in [2.45, 2.75) is 167 Å². The molecular weight excluding hydrogens is 604 g/mol. The number of nitrogens with zero attached hydrogens (tertiary/aromatic N) is 1. The van der Waals surface area contributed by atoms with Gasteiger partial charge in [-0.1, -0.05) is 129 Å². The molecule has 2 amide bonds. The highest BCUT2D eigenvalue weighted by atomic mass is 16.7. The van der Waals surface area contributed by atoms with Gasteiger partial charge in [-0.15, -0.1) is 0 Å². The number of aliphatic hydroxyl groups is 1. The number of H-pyrrole nitrogens is 1. The van der Waals surface area contributed by atoms with Crippen LogP contribution in [0.3, 0.4) is 0 Å². The van der Waals surface area contributed by atoms with Crippen LogP contribution >= 0.6 is 0 Å². The van der Waals surface area contributed by atoms with Crippen LogP contribution in [-0.2, 0) is 14.2 Å². The molecule has 4 atom stereocenters. The zero-order valence-corrected chi connectivity index (χ0v) is 29.0. The zero-order chi connectivity index (χ0) is 34.1. The fourth-order valence-corrected chi connectivity index (χ4v) is 5.91. The highest BCUT2D eigenvalue weighted by Gasteiger charge is 2.50. The number of amides is 2. The van der Waals surface area contributed by atoms with Crippen LogP contribution in [-0.4, -0.2) is 64.9 Å². The molecule has 270 valence electrons. The minimum atomic E-state index is -1.26. The quantitative estimate of drug-likeness (QED) is 0.0820. The first-order valence-corrected chi connectivity index (χ1v) is 18.4. The Labute approximate surface area is 280 Å². The Morgan fingerprint density at radius 2 is 1.15 bits per heavy atom. The summed E-state index contributed by atoms with van der Waals surface area (Å²) in [5.41, 5.74) is -1.39. The van der Waals surface area contributed by atoms with Crippen molar-refractivity contribution in [1.29, 1.82) is 0 Å². The Hall–Kier alpha value is -2.86. The molecule has 1 aliphatic rings. The van der Waals surface area contributed by atoms with E-state index in [4.69, 9.17) is 14.2 Å². The monoisotopic (exact) mass is 666 g/mol. The lowest BCUT2D eigenvalue weighted by Gasteiger charge is -2.24. The summed E-state index contributed by atoms with van der Waals surface area (Å²) in [7, 11) is 0. The van der Waals surface area contributed by atoms with Crippen molar-refractivity contribution >= 4 is 12.2 Å². The van der Waals surface area contributed by atoms with Gasteiger partial charge in [-0.2, -0.15) is 0 Å². The number of carbonyl (C=O) groups is 2. The molecule has 0 saturated carbocycles. The molecule has 2 heterocycles. The summed E-state index contributed by atoms with van der Waals surface area (Å²) < 4.78 is 18.2. The predicted molar refractivity (Wildman–Crippen MR) is 183 cm³/mol. The molecular formula is C35H62N4O8. The summed E-state index contributed by atoms with van der Waals surface area (Å²) in [5.74, 6) is 0. The van der Waals surface area contributed by atoms with E-state index in [1.165, 1.54) is 96.1 Å². The Bertz CT molecular complexity index is 1090. The third-order valence-electron chi connectivity index (χ3n) is 8.68. The van der Waals surface area contributed by atoms with E-state index in [1.807, 2.05) is 0 Å². The number of rotatable bonds is 26. The number of ether oxygens (including phenoxy) is 3. The second-order valence-corrected chi connectivity index (χ2v) is 12.7. The van der Waals surface area contributed by atoms with E-state index in [2.05, 4.69) is 29.5 Å². The first kappa shape index (κ1) is 40.3. The van der Waals surface area contributed by atoms with E-state index in [1.54, 1.807) is 0 Å². The second-order valence-electron chi connectivity index (χ2n) is 12.7. The van der Waals surface area contributed by atoms with E-state index >= 15 is 0 Å². The lowest BCUT2D eigenvalue weighted by Crippen LogP contribution is -2.45. The molecule has 47 heavy (non-hydrogen) atoms. The second kappa shape index (κ2) is 25.2. The van der Waals surface area contributed by atoms with Crippen molar-refractivity contribution in [3.8, 4) is 0 Å². The topological polar surface area (TPSA) is 161 Å². The summed E-state index contributed by atoms with van der Waals surface area (Å²) in [4.78, 5) is 52.0. The molecule has 2 rings (SSSR count). The van der Waals surface area contributed by atoms with E-state index in [9.17, 15) is 24.3 Å². The van der Waals surface area contributed by atoms with Gasteiger partial charge < -0.3 is 30.0 Å². The Morgan fingerprint density at radius 1 is 0.723 bits per heavy atom. The van der Waals surface area contributed by atoms with Crippen LogP contribution in [0.1, 0.15) is 148 Å². The summed E-state index contributed by atoms with van der Waals surface area (Å²) in [6.45, 7) is 4.70. The average molecular weight is 667 g/mol. The van der Waals surface area contributed by atoms with Gasteiger partial charge in [-0.3, -0.25) is 14.3 Å². The van der Waals surface area contributed by atoms with Crippen LogP contribution in [0.25, 0.3) is 0 Å². The van der Waals surface area contributed by atoms with Crippen LogP contribution < -0.4 is 21.9 Å². The van der Waals surface area contributed by atoms with E-state index in [0.29, 0.717) is 13.1 Å². The van der Waals surface area contributed by atoms with Gasteiger partial charge in [0, 0.05) is 25.4 Å². The SMILES string of the molecule is CCCCCCCCCCCCNC(=O)OC1[C@@H](CO)O[C@@H](n2ccc(=O)[nH]c2=O)[C@H]1OC(=O)NCCCCCCCCCCCC. The Kier molecular flexibility index (Phi) is 21.6. The summed E-state index contributed by atoms with van der Waals surface area (Å²) in [6, 6.07) is 1.13. The Morgan fingerprint density at radius 3 is 1.57 bits per heavy atom. The third-order valence-corrected chi connectivity index (χ3v) is 8.68. The molecule has 1 fully saturated rings. The molecule has 1 aliphatic heterocycles. The fourth-order valence-electron chi connectivity index (χ4n) is 5.91. The van der Waals surface area contributed by atoms with E-state index in [-0.39, 0.29) is 0 Å².